The second-order valence-corrected chi connectivity index (χ2v) is 7.61. The van der Waals surface area contributed by atoms with Crippen LogP contribution in [0.1, 0.15) is 39.0 Å². The number of nitrogens with zero attached hydrogens (tertiary/aromatic N) is 4. The molecule has 1 saturated heterocycles. The molecule has 1 aliphatic rings. The Bertz CT molecular complexity index is 1160. The van der Waals surface area contributed by atoms with Crippen LogP contribution in [0.5, 0.6) is 11.5 Å². The molecule has 0 spiro atoms. The van der Waals surface area contributed by atoms with Gasteiger partial charge >= 0.3 is 0 Å². The molecular weight excluding hydrogens is 433 g/mol. The summed E-state index contributed by atoms with van der Waals surface area (Å²) in [6, 6.07) is 13.5. The molecule has 2 heterocycles. The number of nitrogens with one attached hydrogen (secondary N) is 1. The Morgan fingerprint density at radius 1 is 1.18 bits per heavy atom. The first-order valence-corrected chi connectivity index (χ1v) is 11.4. The van der Waals surface area contributed by atoms with Gasteiger partial charge in [0.25, 0.3) is 0 Å². The molecule has 1 unspecified atom stereocenters. The van der Waals surface area contributed by atoms with E-state index >= 15 is 0 Å². The molecule has 3 aromatic rings. The lowest BCUT2D eigenvalue weighted by atomic mass is 10.1. The summed E-state index contributed by atoms with van der Waals surface area (Å²) in [5.41, 5.74) is 2.42. The molecule has 34 heavy (non-hydrogen) atoms. The van der Waals surface area contributed by atoms with E-state index in [1.807, 2.05) is 45.0 Å². The molecule has 1 amide bonds. The molecule has 0 radical (unpaired) electrons. The number of halogens is 1. The third kappa shape index (κ3) is 5.75. The first-order chi connectivity index (χ1) is 16.4. The molecule has 178 valence electrons. The summed E-state index contributed by atoms with van der Waals surface area (Å²) in [7, 11) is 0. The van der Waals surface area contributed by atoms with E-state index in [4.69, 9.17) is 4.74 Å². The highest BCUT2D eigenvalue weighted by Crippen LogP contribution is 2.33. The topological polar surface area (TPSA) is 79.7 Å². The Kier molecular flexibility index (Phi) is 8.29. The van der Waals surface area contributed by atoms with Crippen LogP contribution in [-0.2, 0) is 4.79 Å². The molecule has 1 aromatic heterocycles. The number of hydrogen-bond donors (Lipinski definition) is 1. The van der Waals surface area contributed by atoms with E-state index in [1.165, 1.54) is 6.07 Å². The lowest BCUT2D eigenvalue weighted by Crippen LogP contribution is -2.51. The van der Waals surface area contributed by atoms with Crippen molar-refractivity contribution in [2.24, 2.45) is 5.10 Å². The molecule has 0 aliphatic carbocycles. The minimum absolute atomic E-state index is 0.0690. The molecule has 0 bridgehead atoms. The number of rotatable bonds is 5. The van der Waals surface area contributed by atoms with Crippen molar-refractivity contribution in [2.45, 2.75) is 40.7 Å². The predicted molar refractivity (Wildman–Crippen MR) is 131 cm³/mol. The summed E-state index contributed by atoms with van der Waals surface area (Å²) in [5.74, 6) is 0.556. The second-order valence-electron chi connectivity index (χ2n) is 7.61. The third-order valence-corrected chi connectivity index (χ3v) is 5.22. The lowest BCUT2D eigenvalue weighted by Gasteiger charge is -2.30. The van der Waals surface area contributed by atoms with Crippen LogP contribution >= 0.6 is 0 Å². The van der Waals surface area contributed by atoms with Crippen LogP contribution in [-0.4, -0.2) is 45.7 Å². The van der Waals surface area contributed by atoms with Gasteiger partial charge in [0.05, 0.1) is 23.5 Å². The van der Waals surface area contributed by atoms with E-state index in [0.29, 0.717) is 36.0 Å². The minimum Gasteiger partial charge on any atom is -0.456 e. The maximum atomic E-state index is 14.9. The highest BCUT2D eigenvalue weighted by Gasteiger charge is 2.24. The summed E-state index contributed by atoms with van der Waals surface area (Å²) >= 11 is 0. The van der Waals surface area contributed by atoms with Crippen LogP contribution in [0.25, 0.3) is 11.4 Å². The van der Waals surface area contributed by atoms with Gasteiger partial charge in [-0.2, -0.15) is 5.10 Å². The maximum absolute atomic E-state index is 14.9. The predicted octanol–water partition coefficient (Wildman–Crippen LogP) is 4.95. The standard InChI is InChI=1S/C24H24FN5O2.C2H6/c1-15-7-9-18(10-8-15)32-21-6-4-5-19(25)22(21)23-26-12-11-20(28-23)16(2)29-30-14-13-27-24(31)17(30)3;1-2/h4-12,17H,13-14H2,1-3H3,(H,27,31);1-2H3/b29-16+;. The van der Waals surface area contributed by atoms with Crippen LogP contribution in [0.2, 0.25) is 0 Å². The third-order valence-electron chi connectivity index (χ3n) is 5.22. The zero-order chi connectivity index (χ0) is 24.7. The maximum Gasteiger partial charge on any atom is 0.244 e. The zero-order valence-corrected chi connectivity index (χ0v) is 20.2. The van der Waals surface area contributed by atoms with Crippen molar-refractivity contribution in [1.82, 2.24) is 20.3 Å². The molecule has 1 aliphatic heterocycles. The van der Waals surface area contributed by atoms with Gasteiger partial charge < -0.3 is 10.1 Å². The number of aryl methyl sites for hydroxylation is 1. The monoisotopic (exact) mass is 463 g/mol. The molecule has 1 N–H and O–H groups in total. The summed E-state index contributed by atoms with van der Waals surface area (Å²) < 4.78 is 20.8. The van der Waals surface area contributed by atoms with E-state index in [1.54, 1.807) is 43.3 Å². The Balaban J connectivity index is 0.00000158. The van der Waals surface area contributed by atoms with Crippen molar-refractivity contribution in [2.75, 3.05) is 13.1 Å². The van der Waals surface area contributed by atoms with Crippen LogP contribution in [0.3, 0.4) is 0 Å². The van der Waals surface area contributed by atoms with Gasteiger partial charge in [0.2, 0.25) is 5.91 Å². The summed E-state index contributed by atoms with van der Waals surface area (Å²) in [6.45, 7) is 10.7. The van der Waals surface area contributed by atoms with Gasteiger partial charge in [-0.25, -0.2) is 14.4 Å². The molecule has 7 nitrogen and oxygen atoms in total. The summed E-state index contributed by atoms with van der Waals surface area (Å²) in [5, 5.41) is 9.10. The van der Waals surface area contributed by atoms with E-state index in [0.717, 1.165) is 5.56 Å². The normalized spacial score (nSPS) is 15.8. The average Bonchev–Trinajstić information content (AvgIpc) is 2.85. The molecule has 0 saturated carbocycles. The van der Waals surface area contributed by atoms with Crippen LogP contribution in [0.15, 0.2) is 59.8 Å². The van der Waals surface area contributed by atoms with Crippen molar-refractivity contribution in [3.05, 3.63) is 71.8 Å². The summed E-state index contributed by atoms with van der Waals surface area (Å²) in [4.78, 5) is 20.7. The van der Waals surface area contributed by atoms with E-state index in [9.17, 15) is 9.18 Å². The van der Waals surface area contributed by atoms with E-state index in [-0.39, 0.29) is 23.3 Å². The minimum atomic E-state index is -0.484. The van der Waals surface area contributed by atoms with E-state index < -0.39 is 5.82 Å². The van der Waals surface area contributed by atoms with Gasteiger partial charge in [-0.15, -0.1) is 0 Å². The number of benzene rings is 2. The molecule has 8 heteroatoms. The number of hydrogen-bond acceptors (Lipinski definition) is 6. The zero-order valence-electron chi connectivity index (χ0n) is 20.2. The number of carbonyl (C=O) groups excluding carboxylic acids is 1. The molecular formula is C26H30FN5O2. The molecule has 1 fully saturated rings. The molecule has 2 aromatic carbocycles. The van der Waals surface area contributed by atoms with Crippen molar-refractivity contribution in [3.8, 4) is 22.9 Å². The van der Waals surface area contributed by atoms with Crippen molar-refractivity contribution in [1.29, 1.82) is 0 Å². The lowest BCUT2D eigenvalue weighted by molar-refractivity contribution is -0.128. The SMILES string of the molecule is C/C(=N\N1CCNC(=O)C1C)c1ccnc(-c2c(F)cccc2Oc2ccc(C)cc2)n1.CC. The first kappa shape index (κ1) is 24.8. The van der Waals surface area contributed by atoms with E-state index in [2.05, 4.69) is 20.4 Å². The second kappa shape index (κ2) is 11.4. The van der Waals surface area contributed by atoms with Crippen LogP contribution in [0.4, 0.5) is 4.39 Å². The highest BCUT2D eigenvalue weighted by molar-refractivity contribution is 5.97. The molecule has 1 atom stereocenters. The fourth-order valence-corrected chi connectivity index (χ4v) is 3.37. The van der Waals surface area contributed by atoms with Crippen molar-refractivity contribution in [3.63, 3.8) is 0 Å². The quantitative estimate of drug-likeness (QED) is 0.542. The van der Waals surface area contributed by atoms with Gasteiger partial charge in [0.1, 0.15) is 23.4 Å². The number of aromatic nitrogens is 2. The van der Waals surface area contributed by atoms with Gasteiger partial charge in [-0.3, -0.25) is 9.80 Å². The first-order valence-electron chi connectivity index (χ1n) is 11.4. The fourth-order valence-electron chi connectivity index (χ4n) is 3.37. The van der Waals surface area contributed by atoms with Gasteiger partial charge in [-0.05, 0) is 51.1 Å². The number of carbonyl (C=O) groups is 1. The van der Waals surface area contributed by atoms with Gasteiger partial charge in [0, 0.05) is 12.7 Å². The van der Waals surface area contributed by atoms with Gasteiger partial charge in [0.15, 0.2) is 5.82 Å². The average molecular weight is 464 g/mol. The van der Waals surface area contributed by atoms with Crippen molar-refractivity contribution < 1.29 is 13.9 Å². The fraction of sp³-hybridized carbons (Fsp3) is 0.308. The largest absolute Gasteiger partial charge is 0.456 e. The Morgan fingerprint density at radius 2 is 1.91 bits per heavy atom. The van der Waals surface area contributed by atoms with Crippen molar-refractivity contribution >= 4 is 11.6 Å². The Morgan fingerprint density at radius 3 is 2.65 bits per heavy atom. The highest BCUT2D eigenvalue weighted by atomic mass is 19.1. The number of piperazine rings is 1. The number of ether oxygens (including phenoxy) is 1. The molecule has 4 rings (SSSR count). The Labute approximate surface area is 199 Å². The van der Waals surface area contributed by atoms with Crippen LogP contribution in [0, 0.1) is 12.7 Å². The Hall–Kier alpha value is -3.81. The van der Waals surface area contributed by atoms with Crippen LogP contribution < -0.4 is 10.1 Å². The summed E-state index contributed by atoms with van der Waals surface area (Å²) in [6.07, 6.45) is 1.56. The number of hydrazone groups is 1. The smallest absolute Gasteiger partial charge is 0.244 e. The number of amides is 1. The van der Waals surface area contributed by atoms with Gasteiger partial charge in [-0.1, -0.05) is 37.6 Å².